The van der Waals surface area contributed by atoms with Crippen molar-refractivity contribution in [3.05, 3.63) is 24.0 Å². The van der Waals surface area contributed by atoms with Crippen LogP contribution >= 0.6 is 12.2 Å². The number of ether oxygens (including phenoxy) is 1. The molecule has 18 heavy (non-hydrogen) atoms. The molecule has 1 unspecified atom stereocenters. The average molecular weight is 267 g/mol. The average Bonchev–Trinajstić information content (AvgIpc) is 2.34. The molecule has 5 heteroatoms. The lowest BCUT2D eigenvalue weighted by Gasteiger charge is -2.23. The Hall–Kier alpha value is -1.20. The van der Waals surface area contributed by atoms with Crippen molar-refractivity contribution in [2.24, 2.45) is 11.7 Å². The van der Waals surface area contributed by atoms with E-state index in [9.17, 15) is 0 Å². The molecule has 100 valence electrons. The van der Waals surface area contributed by atoms with E-state index in [1.165, 1.54) is 0 Å². The first kappa shape index (κ1) is 14.9. The molecular formula is C13H21N3OS. The largest absolute Gasteiger partial charge is 0.388 e. The molecule has 1 aromatic rings. The summed E-state index contributed by atoms with van der Waals surface area (Å²) in [4.78, 5) is 4.43. The van der Waals surface area contributed by atoms with E-state index in [4.69, 9.17) is 22.7 Å². The Morgan fingerprint density at radius 3 is 2.83 bits per heavy atom. The lowest BCUT2D eigenvalue weighted by Crippen LogP contribution is -2.31. The lowest BCUT2D eigenvalue weighted by molar-refractivity contribution is 0.127. The topological polar surface area (TPSA) is 60.2 Å². The monoisotopic (exact) mass is 267 g/mol. The number of nitrogens with two attached hydrogens (primary N) is 1. The van der Waals surface area contributed by atoms with E-state index in [0.29, 0.717) is 23.2 Å². The maximum atomic E-state index is 5.57. The maximum Gasteiger partial charge on any atom is 0.122 e. The molecule has 3 N–H and O–H groups in total. The van der Waals surface area contributed by atoms with Crippen LogP contribution in [0.5, 0.6) is 0 Å². The van der Waals surface area contributed by atoms with E-state index in [1.807, 2.05) is 19.1 Å². The lowest BCUT2D eigenvalue weighted by atomic mass is 10.1. The number of rotatable bonds is 7. The molecule has 1 heterocycles. The van der Waals surface area contributed by atoms with Crippen LogP contribution in [0.1, 0.15) is 26.5 Å². The molecule has 0 aliphatic carbocycles. The normalized spacial score (nSPS) is 12.4. The summed E-state index contributed by atoms with van der Waals surface area (Å²) < 4.78 is 5.48. The van der Waals surface area contributed by atoms with Gasteiger partial charge in [0.1, 0.15) is 4.99 Å². The number of anilines is 1. The van der Waals surface area contributed by atoms with Gasteiger partial charge < -0.3 is 15.8 Å². The Labute approximate surface area is 114 Å². The number of hydrogen-bond acceptors (Lipinski definition) is 4. The minimum Gasteiger partial charge on any atom is -0.388 e. The maximum absolute atomic E-state index is 5.57. The zero-order valence-electron chi connectivity index (χ0n) is 11.1. The fourth-order valence-corrected chi connectivity index (χ4v) is 1.63. The SMILES string of the molecule is CCOCC(Nc1ccnc(C(N)=S)c1)C(C)C. The Kier molecular flexibility index (Phi) is 6.01. The minimum absolute atomic E-state index is 0.256. The van der Waals surface area contributed by atoms with Crippen molar-refractivity contribution < 1.29 is 4.74 Å². The van der Waals surface area contributed by atoms with E-state index in [-0.39, 0.29) is 6.04 Å². The van der Waals surface area contributed by atoms with Crippen LogP contribution in [-0.4, -0.2) is 29.2 Å². The van der Waals surface area contributed by atoms with Crippen LogP contribution in [0.4, 0.5) is 5.69 Å². The van der Waals surface area contributed by atoms with Gasteiger partial charge >= 0.3 is 0 Å². The van der Waals surface area contributed by atoms with E-state index < -0.39 is 0 Å². The van der Waals surface area contributed by atoms with Crippen molar-refractivity contribution in [1.82, 2.24) is 4.98 Å². The first-order chi connectivity index (χ1) is 8.54. The van der Waals surface area contributed by atoms with Crippen LogP contribution in [0.25, 0.3) is 0 Å². The van der Waals surface area contributed by atoms with Gasteiger partial charge in [-0.2, -0.15) is 0 Å². The highest BCUT2D eigenvalue weighted by atomic mass is 32.1. The predicted octanol–water partition coefficient (Wildman–Crippen LogP) is 2.19. The van der Waals surface area contributed by atoms with Crippen LogP contribution in [0.2, 0.25) is 0 Å². The zero-order valence-corrected chi connectivity index (χ0v) is 12.0. The van der Waals surface area contributed by atoms with Crippen molar-refractivity contribution >= 4 is 22.9 Å². The number of aromatic nitrogens is 1. The van der Waals surface area contributed by atoms with E-state index in [0.717, 1.165) is 12.3 Å². The summed E-state index contributed by atoms with van der Waals surface area (Å²) in [5, 5.41) is 3.43. The summed E-state index contributed by atoms with van der Waals surface area (Å²) in [6.45, 7) is 7.71. The Morgan fingerprint density at radius 1 is 1.56 bits per heavy atom. The molecule has 0 saturated carbocycles. The van der Waals surface area contributed by atoms with Crippen LogP contribution in [-0.2, 0) is 4.74 Å². The van der Waals surface area contributed by atoms with Gasteiger partial charge in [0.25, 0.3) is 0 Å². The molecule has 1 rings (SSSR count). The second kappa shape index (κ2) is 7.28. The van der Waals surface area contributed by atoms with Crippen molar-refractivity contribution in [3.8, 4) is 0 Å². The molecule has 0 aliphatic heterocycles. The van der Waals surface area contributed by atoms with E-state index in [2.05, 4.69) is 24.1 Å². The predicted molar refractivity (Wildman–Crippen MR) is 78.9 cm³/mol. The minimum atomic E-state index is 0.256. The molecule has 0 aliphatic rings. The third-order valence-corrected chi connectivity index (χ3v) is 2.88. The van der Waals surface area contributed by atoms with E-state index in [1.54, 1.807) is 6.20 Å². The fraction of sp³-hybridized carbons (Fsp3) is 0.538. The van der Waals surface area contributed by atoms with Gasteiger partial charge in [0.05, 0.1) is 18.3 Å². The third-order valence-electron chi connectivity index (χ3n) is 2.67. The van der Waals surface area contributed by atoms with E-state index >= 15 is 0 Å². The van der Waals surface area contributed by atoms with Gasteiger partial charge in [-0.25, -0.2) is 0 Å². The van der Waals surface area contributed by atoms with Gasteiger partial charge in [-0.1, -0.05) is 26.1 Å². The number of nitrogens with one attached hydrogen (secondary N) is 1. The second-order valence-electron chi connectivity index (χ2n) is 4.45. The summed E-state index contributed by atoms with van der Waals surface area (Å²) in [6.07, 6.45) is 1.70. The third kappa shape index (κ3) is 4.58. The Morgan fingerprint density at radius 2 is 2.28 bits per heavy atom. The molecule has 0 bridgehead atoms. The molecule has 0 amide bonds. The molecule has 0 radical (unpaired) electrons. The van der Waals surface area contributed by atoms with Crippen LogP contribution in [0.3, 0.4) is 0 Å². The molecule has 1 aromatic heterocycles. The van der Waals surface area contributed by atoms with Crippen LogP contribution in [0.15, 0.2) is 18.3 Å². The summed E-state index contributed by atoms with van der Waals surface area (Å²) >= 11 is 4.92. The number of nitrogens with zero attached hydrogens (tertiary/aromatic N) is 1. The highest BCUT2D eigenvalue weighted by molar-refractivity contribution is 7.80. The van der Waals surface area contributed by atoms with Crippen molar-refractivity contribution in [1.29, 1.82) is 0 Å². The van der Waals surface area contributed by atoms with Gasteiger partial charge in [-0.05, 0) is 25.0 Å². The van der Waals surface area contributed by atoms with Crippen LogP contribution < -0.4 is 11.1 Å². The standard InChI is InChI=1S/C13H21N3OS/c1-4-17-8-12(9(2)3)16-10-5-6-15-11(7-10)13(14)18/h5-7,9,12H,4,8H2,1-3H3,(H2,14,18)(H,15,16). The molecule has 0 aromatic carbocycles. The highest BCUT2D eigenvalue weighted by Gasteiger charge is 2.13. The molecule has 4 nitrogen and oxygen atoms in total. The number of pyridine rings is 1. The first-order valence-corrected chi connectivity index (χ1v) is 6.55. The Bertz CT molecular complexity index is 396. The molecule has 0 fully saturated rings. The molecule has 0 spiro atoms. The second-order valence-corrected chi connectivity index (χ2v) is 4.89. The Balaban J connectivity index is 2.73. The first-order valence-electron chi connectivity index (χ1n) is 6.14. The highest BCUT2D eigenvalue weighted by Crippen LogP contribution is 2.14. The number of thiocarbonyl (C=S) groups is 1. The van der Waals surface area contributed by atoms with Crippen molar-refractivity contribution in [2.75, 3.05) is 18.5 Å². The van der Waals surface area contributed by atoms with Gasteiger partial charge in [0.15, 0.2) is 0 Å². The summed E-state index contributed by atoms with van der Waals surface area (Å²) in [7, 11) is 0. The summed E-state index contributed by atoms with van der Waals surface area (Å²) in [6, 6.07) is 4.03. The van der Waals surface area contributed by atoms with Gasteiger partial charge in [0.2, 0.25) is 0 Å². The van der Waals surface area contributed by atoms with Crippen molar-refractivity contribution in [3.63, 3.8) is 0 Å². The zero-order chi connectivity index (χ0) is 13.5. The quantitative estimate of drug-likeness (QED) is 0.742. The molecule has 1 atom stereocenters. The van der Waals surface area contributed by atoms with Gasteiger partial charge in [-0.3, -0.25) is 4.98 Å². The number of hydrogen-bond donors (Lipinski definition) is 2. The molecular weight excluding hydrogens is 246 g/mol. The smallest absolute Gasteiger partial charge is 0.122 e. The van der Waals surface area contributed by atoms with Gasteiger partial charge in [-0.15, -0.1) is 0 Å². The summed E-state index contributed by atoms with van der Waals surface area (Å²) in [5.74, 6) is 0.470. The van der Waals surface area contributed by atoms with Crippen LogP contribution in [0, 0.1) is 5.92 Å². The fourth-order valence-electron chi connectivity index (χ4n) is 1.51. The van der Waals surface area contributed by atoms with Crippen molar-refractivity contribution in [2.45, 2.75) is 26.8 Å². The molecule has 0 saturated heterocycles. The van der Waals surface area contributed by atoms with Gasteiger partial charge in [0, 0.05) is 18.5 Å². The summed E-state index contributed by atoms with van der Waals surface area (Å²) in [5.41, 5.74) is 7.17.